The van der Waals surface area contributed by atoms with Gasteiger partial charge in [0.05, 0.1) is 6.10 Å². The Bertz CT molecular complexity index is 417. The van der Waals surface area contributed by atoms with E-state index in [2.05, 4.69) is 15.9 Å². The van der Waals surface area contributed by atoms with Crippen molar-refractivity contribution in [1.29, 1.82) is 0 Å². The van der Waals surface area contributed by atoms with E-state index in [1.807, 2.05) is 25.1 Å². The topological polar surface area (TPSA) is 46.5 Å². The molecule has 1 aromatic carbocycles. The van der Waals surface area contributed by atoms with E-state index in [1.165, 1.54) is 0 Å². The van der Waals surface area contributed by atoms with Gasteiger partial charge in [-0.25, -0.2) is 4.79 Å². The Hall–Kier alpha value is -0.870. The molecule has 86 valence electrons. The van der Waals surface area contributed by atoms with Crippen LogP contribution in [0.5, 0.6) is 0 Å². The number of aliphatic carboxylic acids is 1. The lowest BCUT2D eigenvalue weighted by Gasteiger charge is -2.30. The van der Waals surface area contributed by atoms with E-state index in [0.29, 0.717) is 0 Å². The quantitative estimate of drug-likeness (QED) is 0.908. The van der Waals surface area contributed by atoms with Crippen LogP contribution >= 0.6 is 15.9 Å². The number of fused-ring (bicyclic) bond motifs is 1. The van der Waals surface area contributed by atoms with E-state index >= 15 is 0 Å². The van der Waals surface area contributed by atoms with Crippen molar-refractivity contribution >= 4 is 21.9 Å². The molecule has 0 saturated heterocycles. The number of carboxylic acid groups (broad SMARTS) is 1. The maximum absolute atomic E-state index is 11.1. The number of hydrogen-bond acceptors (Lipinski definition) is 2. The zero-order valence-electron chi connectivity index (χ0n) is 8.94. The highest BCUT2D eigenvalue weighted by molar-refractivity contribution is 9.10. The van der Waals surface area contributed by atoms with E-state index in [4.69, 9.17) is 9.84 Å². The average molecular weight is 285 g/mol. The fraction of sp³-hybridized carbons (Fsp3) is 0.417. The van der Waals surface area contributed by atoms with Gasteiger partial charge in [0.2, 0.25) is 0 Å². The monoisotopic (exact) mass is 284 g/mol. The predicted octanol–water partition coefficient (Wildman–Crippen LogP) is 2.93. The number of halogens is 1. The number of carbonyl (C=O) groups is 1. The Kier molecular flexibility index (Phi) is 3.30. The summed E-state index contributed by atoms with van der Waals surface area (Å²) in [5.74, 6) is -0.919. The minimum Gasteiger partial charge on any atom is -0.479 e. The van der Waals surface area contributed by atoms with Crippen LogP contribution < -0.4 is 0 Å². The normalized spacial score (nSPS) is 23.9. The van der Waals surface area contributed by atoms with Crippen molar-refractivity contribution in [1.82, 2.24) is 0 Å². The second-order valence-corrected chi connectivity index (χ2v) is 4.75. The zero-order valence-corrected chi connectivity index (χ0v) is 10.5. The van der Waals surface area contributed by atoms with Crippen LogP contribution in [0.25, 0.3) is 0 Å². The van der Waals surface area contributed by atoms with Crippen molar-refractivity contribution in [2.75, 3.05) is 0 Å². The first-order chi connectivity index (χ1) is 7.63. The molecule has 0 aromatic heterocycles. The molecular weight excluding hydrogens is 272 g/mol. The van der Waals surface area contributed by atoms with Gasteiger partial charge in [-0.15, -0.1) is 0 Å². The lowest BCUT2D eigenvalue weighted by atomic mass is 9.93. The van der Waals surface area contributed by atoms with Crippen LogP contribution in [0.1, 0.15) is 30.6 Å². The molecule has 0 spiro atoms. The van der Waals surface area contributed by atoms with Gasteiger partial charge in [0.1, 0.15) is 0 Å². The van der Waals surface area contributed by atoms with Crippen LogP contribution in [0.15, 0.2) is 22.7 Å². The third-order valence-corrected chi connectivity index (χ3v) is 3.62. The highest BCUT2D eigenvalue weighted by Gasteiger charge is 2.32. The van der Waals surface area contributed by atoms with Crippen molar-refractivity contribution in [2.24, 2.45) is 0 Å². The molecule has 2 rings (SSSR count). The molecule has 0 saturated carbocycles. The van der Waals surface area contributed by atoms with Gasteiger partial charge in [0.25, 0.3) is 0 Å². The van der Waals surface area contributed by atoms with E-state index in [1.54, 1.807) is 0 Å². The number of hydrogen-bond donors (Lipinski definition) is 1. The fourth-order valence-corrected chi connectivity index (χ4v) is 2.55. The minimum atomic E-state index is -0.919. The molecule has 1 heterocycles. The number of carboxylic acids is 1. The molecule has 1 aliphatic heterocycles. The Balaban J connectivity index is 2.46. The summed E-state index contributed by atoms with van der Waals surface area (Å²) in [6.45, 7) is 2.01. The molecule has 4 heteroatoms. The summed E-state index contributed by atoms with van der Waals surface area (Å²) in [5, 5.41) is 9.15. The van der Waals surface area contributed by atoms with Gasteiger partial charge in [0.15, 0.2) is 6.10 Å². The second-order valence-electron chi connectivity index (χ2n) is 3.90. The smallest absolute Gasteiger partial charge is 0.337 e. The van der Waals surface area contributed by atoms with Crippen LogP contribution in [0.2, 0.25) is 0 Å². The number of benzene rings is 1. The van der Waals surface area contributed by atoms with Gasteiger partial charge < -0.3 is 9.84 Å². The van der Waals surface area contributed by atoms with Gasteiger partial charge in [-0.05, 0) is 23.6 Å². The predicted molar refractivity (Wildman–Crippen MR) is 63.4 cm³/mol. The van der Waals surface area contributed by atoms with Crippen molar-refractivity contribution in [3.63, 3.8) is 0 Å². The first-order valence-electron chi connectivity index (χ1n) is 5.29. The fourth-order valence-electron chi connectivity index (χ4n) is 2.01. The van der Waals surface area contributed by atoms with Crippen molar-refractivity contribution in [3.8, 4) is 0 Å². The molecule has 0 fully saturated rings. The molecule has 0 bridgehead atoms. The summed E-state index contributed by atoms with van der Waals surface area (Å²) in [7, 11) is 0. The van der Waals surface area contributed by atoms with Gasteiger partial charge >= 0.3 is 5.97 Å². The summed E-state index contributed by atoms with van der Waals surface area (Å²) in [5.41, 5.74) is 1.83. The third-order valence-electron chi connectivity index (χ3n) is 2.88. The first-order valence-corrected chi connectivity index (χ1v) is 6.08. The summed E-state index contributed by atoms with van der Waals surface area (Å²) in [6, 6.07) is 5.61. The van der Waals surface area contributed by atoms with Crippen LogP contribution in [0.3, 0.4) is 0 Å². The minimum absolute atomic E-state index is 0.00713. The Morgan fingerprint density at radius 2 is 2.38 bits per heavy atom. The van der Waals surface area contributed by atoms with E-state index in [0.717, 1.165) is 28.4 Å². The van der Waals surface area contributed by atoms with Gasteiger partial charge in [-0.1, -0.05) is 35.0 Å². The maximum Gasteiger partial charge on any atom is 0.337 e. The number of ether oxygens (including phenoxy) is 1. The van der Waals surface area contributed by atoms with Crippen LogP contribution in [-0.4, -0.2) is 17.2 Å². The summed E-state index contributed by atoms with van der Waals surface area (Å²) in [4.78, 5) is 11.1. The Morgan fingerprint density at radius 1 is 1.62 bits per heavy atom. The number of rotatable bonds is 2. The van der Waals surface area contributed by atoms with Crippen molar-refractivity contribution < 1.29 is 14.6 Å². The largest absolute Gasteiger partial charge is 0.479 e. The third kappa shape index (κ3) is 1.99. The molecular formula is C12H13BrO3. The SMILES string of the molecule is CCC1Cc2c(Br)cccc2C(C(=O)O)O1. The molecule has 1 aromatic rings. The molecule has 1 aliphatic rings. The van der Waals surface area contributed by atoms with Crippen LogP contribution in [-0.2, 0) is 16.0 Å². The molecule has 2 unspecified atom stereocenters. The standard InChI is InChI=1S/C12H13BrO3/c1-2-7-6-9-8(4-3-5-10(9)13)11(16-7)12(14)15/h3-5,7,11H,2,6H2,1H3,(H,14,15). The lowest BCUT2D eigenvalue weighted by molar-refractivity contribution is -0.156. The second kappa shape index (κ2) is 4.55. The molecule has 3 nitrogen and oxygen atoms in total. The van der Waals surface area contributed by atoms with E-state index in [9.17, 15) is 4.79 Å². The molecule has 1 N–H and O–H groups in total. The maximum atomic E-state index is 11.1. The molecule has 16 heavy (non-hydrogen) atoms. The highest BCUT2D eigenvalue weighted by atomic mass is 79.9. The molecule has 0 radical (unpaired) electrons. The zero-order chi connectivity index (χ0) is 11.7. The highest BCUT2D eigenvalue weighted by Crippen LogP contribution is 2.35. The average Bonchev–Trinajstić information content (AvgIpc) is 2.28. The summed E-state index contributed by atoms with van der Waals surface area (Å²) in [6.07, 6.45) is 0.764. The van der Waals surface area contributed by atoms with Gasteiger partial charge in [0, 0.05) is 10.9 Å². The Morgan fingerprint density at radius 3 is 3.00 bits per heavy atom. The molecule has 0 aliphatic carbocycles. The molecule has 0 amide bonds. The van der Waals surface area contributed by atoms with E-state index in [-0.39, 0.29) is 6.10 Å². The van der Waals surface area contributed by atoms with Crippen LogP contribution in [0, 0.1) is 0 Å². The van der Waals surface area contributed by atoms with E-state index < -0.39 is 12.1 Å². The summed E-state index contributed by atoms with van der Waals surface area (Å²) >= 11 is 3.47. The van der Waals surface area contributed by atoms with Crippen molar-refractivity contribution in [2.45, 2.75) is 32.0 Å². The first kappa shape index (κ1) is 11.6. The van der Waals surface area contributed by atoms with Gasteiger partial charge in [-0.3, -0.25) is 0 Å². The van der Waals surface area contributed by atoms with Gasteiger partial charge in [-0.2, -0.15) is 0 Å². The molecule has 2 atom stereocenters. The summed E-state index contributed by atoms with van der Waals surface area (Å²) < 4.78 is 6.53. The van der Waals surface area contributed by atoms with Crippen molar-refractivity contribution in [3.05, 3.63) is 33.8 Å². The Labute approximate surface area is 103 Å². The van der Waals surface area contributed by atoms with Crippen LogP contribution in [0.4, 0.5) is 0 Å². The lowest BCUT2D eigenvalue weighted by Crippen LogP contribution is -2.30.